The van der Waals surface area contributed by atoms with Crippen molar-refractivity contribution in [1.82, 2.24) is 15.3 Å². The predicted octanol–water partition coefficient (Wildman–Crippen LogP) is 0.166. The van der Waals surface area contributed by atoms with Gasteiger partial charge >= 0.3 is 0 Å². The summed E-state index contributed by atoms with van der Waals surface area (Å²) in [5.74, 6) is 0.214. The van der Waals surface area contributed by atoms with Crippen LogP contribution in [0.2, 0.25) is 0 Å². The van der Waals surface area contributed by atoms with Gasteiger partial charge in [-0.25, -0.2) is 9.97 Å². The van der Waals surface area contributed by atoms with E-state index in [-0.39, 0.29) is 5.91 Å². The van der Waals surface area contributed by atoms with E-state index in [9.17, 15) is 4.79 Å². The zero-order valence-corrected chi connectivity index (χ0v) is 10.0. The molecular formula is C9H11BrN4O2. The summed E-state index contributed by atoms with van der Waals surface area (Å²) in [7, 11) is 0. The Morgan fingerprint density at radius 3 is 3.06 bits per heavy atom. The molecule has 7 heteroatoms. The van der Waals surface area contributed by atoms with Crippen molar-refractivity contribution in [3.63, 3.8) is 0 Å². The molecule has 0 radical (unpaired) electrons. The van der Waals surface area contributed by atoms with Crippen molar-refractivity contribution in [2.24, 2.45) is 0 Å². The van der Waals surface area contributed by atoms with E-state index in [2.05, 4.69) is 36.5 Å². The first-order chi connectivity index (χ1) is 7.75. The van der Waals surface area contributed by atoms with E-state index in [0.717, 1.165) is 6.54 Å². The molecule has 1 aromatic heterocycles. The average Bonchev–Trinajstić information content (AvgIpc) is 2.33. The molecule has 1 aliphatic rings. The Hall–Kier alpha value is -1.05. The monoisotopic (exact) mass is 286 g/mol. The van der Waals surface area contributed by atoms with Crippen LogP contribution < -0.4 is 10.6 Å². The second-order valence-electron chi connectivity index (χ2n) is 3.28. The predicted molar refractivity (Wildman–Crippen MR) is 61.0 cm³/mol. The molecule has 1 amide bonds. The summed E-state index contributed by atoms with van der Waals surface area (Å²) < 4.78 is 5.93. The molecule has 1 unspecified atom stereocenters. The van der Waals surface area contributed by atoms with Crippen LogP contribution >= 0.6 is 15.9 Å². The van der Waals surface area contributed by atoms with E-state index in [0.29, 0.717) is 23.6 Å². The van der Waals surface area contributed by atoms with Crippen LogP contribution in [0.25, 0.3) is 0 Å². The van der Waals surface area contributed by atoms with Crippen molar-refractivity contribution < 1.29 is 9.53 Å². The van der Waals surface area contributed by atoms with Crippen LogP contribution in [0.4, 0.5) is 5.82 Å². The summed E-state index contributed by atoms with van der Waals surface area (Å²) in [5.41, 5.74) is 0. The molecule has 0 saturated carbocycles. The van der Waals surface area contributed by atoms with Gasteiger partial charge in [0.25, 0.3) is 5.91 Å². The number of halogens is 1. The first kappa shape index (κ1) is 11.4. The fraction of sp³-hybridized carbons (Fsp3) is 0.444. The molecule has 1 fully saturated rings. The van der Waals surface area contributed by atoms with Gasteiger partial charge in [-0.15, -0.1) is 0 Å². The van der Waals surface area contributed by atoms with Gasteiger partial charge < -0.3 is 15.4 Å². The zero-order chi connectivity index (χ0) is 11.4. The molecule has 0 bridgehead atoms. The van der Waals surface area contributed by atoms with Crippen LogP contribution in [0, 0.1) is 0 Å². The summed E-state index contributed by atoms with van der Waals surface area (Å²) in [6.45, 7) is 1.85. The molecule has 1 atom stereocenters. The van der Waals surface area contributed by atoms with E-state index in [1.54, 1.807) is 0 Å². The highest BCUT2D eigenvalue weighted by Gasteiger charge is 2.21. The third-order valence-corrected chi connectivity index (χ3v) is 2.50. The number of hydrogen-bond donors (Lipinski definition) is 2. The fourth-order valence-electron chi connectivity index (χ4n) is 1.32. The van der Waals surface area contributed by atoms with Crippen LogP contribution in [0.3, 0.4) is 0 Å². The molecule has 2 N–H and O–H groups in total. The van der Waals surface area contributed by atoms with E-state index in [1.165, 1.54) is 12.4 Å². The van der Waals surface area contributed by atoms with Gasteiger partial charge in [0.05, 0.1) is 19.0 Å². The van der Waals surface area contributed by atoms with Gasteiger partial charge in [-0.3, -0.25) is 4.79 Å². The summed E-state index contributed by atoms with van der Waals surface area (Å²) in [4.78, 5) is 19.7. The minimum atomic E-state index is -0.459. The highest BCUT2D eigenvalue weighted by molar-refractivity contribution is 9.10. The minimum Gasteiger partial charge on any atom is -0.366 e. The molecule has 0 aliphatic carbocycles. The van der Waals surface area contributed by atoms with Crippen molar-refractivity contribution in [3.05, 3.63) is 17.0 Å². The normalized spacial score (nSPS) is 20.4. The number of carbonyl (C=O) groups excluding carboxylic acids is 1. The highest BCUT2D eigenvalue weighted by atomic mass is 79.9. The highest BCUT2D eigenvalue weighted by Crippen LogP contribution is 2.07. The number of anilines is 1. The number of rotatable bonds is 2. The average molecular weight is 287 g/mol. The first-order valence-corrected chi connectivity index (χ1v) is 5.66. The van der Waals surface area contributed by atoms with E-state index < -0.39 is 6.10 Å². The minimum absolute atomic E-state index is 0.205. The lowest BCUT2D eigenvalue weighted by Gasteiger charge is -2.22. The van der Waals surface area contributed by atoms with Crippen LogP contribution in [0.1, 0.15) is 0 Å². The topological polar surface area (TPSA) is 76.1 Å². The third-order valence-electron chi connectivity index (χ3n) is 2.09. The van der Waals surface area contributed by atoms with Crippen molar-refractivity contribution in [3.8, 4) is 0 Å². The maximum atomic E-state index is 11.7. The Balaban J connectivity index is 1.93. The molecule has 2 rings (SSSR count). The number of carbonyl (C=O) groups is 1. The lowest BCUT2D eigenvalue weighted by molar-refractivity contribution is -0.128. The number of nitrogens with one attached hydrogen (secondary N) is 2. The first-order valence-electron chi connectivity index (χ1n) is 4.86. The second kappa shape index (κ2) is 5.33. The number of hydrogen-bond acceptors (Lipinski definition) is 5. The summed E-state index contributed by atoms with van der Waals surface area (Å²) in [6.07, 6.45) is 2.55. The molecule has 0 aromatic carbocycles. The van der Waals surface area contributed by atoms with E-state index in [1.807, 2.05) is 0 Å². The lowest BCUT2D eigenvalue weighted by atomic mass is 10.3. The Morgan fingerprint density at radius 1 is 1.56 bits per heavy atom. The van der Waals surface area contributed by atoms with Gasteiger partial charge in [0.1, 0.15) is 10.7 Å². The van der Waals surface area contributed by atoms with Gasteiger partial charge in [0.15, 0.2) is 5.82 Å². The SMILES string of the molecule is O=C(Nc1cnc(Br)cn1)C1CNCCO1. The summed E-state index contributed by atoms with van der Waals surface area (Å²) in [6, 6.07) is 0. The van der Waals surface area contributed by atoms with Crippen LogP contribution in [-0.4, -0.2) is 41.7 Å². The molecule has 2 heterocycles. The van der Waals surface area contributed by atoms with E-state index >= 15 is 0 Å². The maximum Gasteiger partial charge on any atom is 0.256 e. The Morgan fingerprint density at radius 2 is 2.44 bits per heavy atom. The van der Waals surface area contributed by atoms with Crippen LogP contribution in [0.15, 0.2) is 17.0 Å². The maximum absolute atomic E-state index is 11.7. The zero-order valence-electron chi connectivity index (χ0n) is 8.44. The Labute approximate surface area is 101 Å². The Bertz CT molecular complexity index is 364. The quantitative estimate of drug-likeness (QED) is 0.810. The number of morpholine rings is 1. The third kappa shape index (κ3) is 2.97. The van der Waals surface area contributed by atoms with Crippen LogP contribution in [-0.2, 0) is 9.53 Å². The molecule has 1 aliphatic heterocycles. The standard InChI is InChI=1S/C9H11BrN4O2/c10-7-4-13-8(5-12-7)14-9(15)6-3-11-1-2-16-6/h4-6,11H,1-3H2,(H,13,14,15). The van der Waals surface area contributed by atoms with Gasteiger partial charge in [0, 0.05) is 13.1 Å². The number of ether oxygens (including phenoxy) is 1. The van der Waals surface area contributed by atoms with Crippen molar-refractivity contribution >= 4 is 27.7 Å². The molecule has 1 aromatic rings. The lowest BCUT2D eigenvalue weighted by Crippen LogP contribution is -2.45. The number of nitrogens with zero attached hydrogens (tertiary/aromatic N) is 2. The van der Waals surface area contributed by atoms with Crippen molar-refractivity contribution in [2.75, 3.05) is 25.0 Å². The molecule has 86 valence electrons. The van der Waals surface area contributed by atoms with Crippen molar-refractivity contribution in [1.29, 1.82) is 0 Å². The Kier molecular flexibility index (Phi) is 3.81. The summed E-state index contributed by atoms with van der Waals surface area (Å²) >= 11 is 3.17. The molecule has 0 spiro atoms. The largest absolute Gasteiger partial charge is 0.366 e. The smallest absolute Gasteiger partial charge is 0.256 e. The number of aromatic nitrogens is 2. The van der Waals surface area contributed by atoms with Crippen molar-refractivity contribution in [2.45, 2.75) is 6.10 Å². The second-order valence-corrected chi connectivity index (χ2v) is 4.09. The van der Waals surface area contributed by atoms with Gasteiger partial charge in [-0.05, 0) is 15.9 Å². The van der Waals surface area contributed by atoms with E-state index in [4.69, 9.17) is 4.74 Å². The number of amides is 1. The summed E-state index contributed by atoms with van der Waals surface area (Å²) in [5, 5.41) is 5.72. The molecule has 1 saturated heterocycles. The fourth-order valence-corrected chi connectivity index (χ4v) is 1.52. The van der Waals surface area contributed by atoms with Gasteiger partial charge in [0.2, 0.25) is 0 Å². The van der Waals surface area contributed by atoms with Crippen LogP contribution in [0.5, 0.6) is 0 Å². The van der Waals surface area contributed by atoms with Gasteiger partial charge in [-0.1, -0.05) is 0 Å². The molecule has 16 heavy (non-hydrogen) atoms. The molecule has 6 nitrogen and oxygen atoms in total. The molecular weight excluding hydrogens is 276 g/mol. The van der Waals surface area contributed by atoms with Gasteiger partial charge in [-0.2, -0.15) is 0 Å².